The molecule has 1 amide bonds. The average Bonchev–Trinajstić information content (AvgIpc) is 2.88. The SMILES string of the molecule is Cc1cc(Cl)ccc1OCCCC(=O)N=C1N=C2C=CC(I)=CN2Cc2ccccc21. The van der Waals surface area contributed by atoms with Crippen LogP contribution in [0, 0.1) is 6.92 Å². The molecule has 0 N–H and O–H groups in total. The highest BCUT2D eigenvalue weighted by atomic mass is 127. The molecular weight excluding hydrogens is 525 g/mol. The molecule has 0 bridgehead atoms. The number of benzene rings is 2. The van der Waals surface area contributed by atoms with Crippen molar-refractivity contribution in [3.05, 3.63) is 86.1 Å². The van der Waals surface area contributed by atoms with Gasteiger partial charge in [0, 0.05) is 33.3 Å². The van der Waals surface area contributed by atoms with Gasteiger partial charge in [0.25, 0.3) is 0 Å². The van der Waals surface area contributed by atoms with E-state index in [1.807, 2.05) is 49.4 Å². The number of allylic oxidation sites excluding steroid dienone is 2. The number of aryl methyl sites for hydroxylation is 1. The topological polar surface area (TPSA) is 54.3 Å². The molecule has 0 unspecified atom stereocenters. The van der Waals surface area contributed by atoms with Crippen molar-refractivity contribution in [1.29, 1.82) is 0 Å². The van der Waals surface area contributed by atoms with Gasteiger partial charge < -0.3 is 9.64 Å². The molecule has 2 aromatic carbocycles. The number of ether oxygens (including phenoxy) is 1. The molecule has 31 heavy (non-hydrogen) atoms. The summed E-state index contributed by atoms with van der Waals surface area (Å²) < 4.78 is 6.91. The second kappa shape index (κ2) is 9.78. The summed E-state index contributed by atoms with van der Waals surface area (Å²) in [6, 6.07) is 13.5. The molecule has 2 aliphatic rings. The van der Waals surface area contributed by atoms with Gasteiger partial charge in [-0.25, -0.2) is 4.99 Å². The summed E-state index contributed by atoms with van der Waals surface area (Å²) >= 11 is 8.26. The molecule has 158 valence electrons. The van der Waals surface area contributed by atoms with Crippen molar-refractivity contribution in [1.82, 2.24) is 4.90 Å². The zero-order chi connectivity index (χ0) is 21.8. The van der Waals surface area contributed by atoms with Gasteiger partial charge in [0.1, 0.15) is 11.6 Å². The van der Waals surface area contributed by atoms with Crippen molar-refractivity contribution in [2.75, 3.05) is 6.61 Å². The molecule has 0 spiro atoms. The van der Waals surface area contributed by atoms with Crippen molar-refractivity contribution in [2.45, 2.75) is 26.3 Å². The lowest BCUT2D eigenvalue weighted by Gasteiger charge is -2.21. The molecule has 7 heteroatoms. The average molecular weight is 546 g/mol. The standard InChI is InChI=1S/C24H21ClIN3O2/c1-16-13-18(25)8-10-21(16)31-12-4-7-23(30)28-24-20-6-3-2-5-17(20)14-29-15-19(26)9-11-22(29)27-24/h2-3,5-6,8-11,13,15H,4,7,12,14H2,1H3. The lowest BCUT2D eigenvalue weighted by Crippen LogP contribution is -2.24. The minimum atomic E-state index is -0.205. The summed E-state index contributed by atoms with van der Waals surface area (Å²) in [5, 5.41) is 0.678. The largest absolute Gasteiger partial charge is 0.493 e. The molecule has 0 atom stereocenters. The van der Waals surface area contributed by atoms with Crippen LogP contribution in [0.25, 0.3) is 0 Å². The third kappa shape index (κ3) is 5.43. The Morgan fingerprint density at radius 3 is 2.94 bits per heavy atom. The molecule has 5 nitrogen and oxygen atoms in total. The predicted octanol–water partition coefficient (Wildman–Crippen LogP) is 5.84. The normalized spacial score (nSPS) is 16.2. The Labute approximate surface area is 200 Å². The van der Waals surface area contributed by atoms with E-state index in [1.54, 1.807) is 6.07 Å². The number of fused-ring (bicyclic) bond motifs is 2. The third-order valence-electron chi connectivity index (χ3n) is 4.94. The van der Waals surface area contributed by atoms with Gasteiger partial charge in [-0.15, -0.1) is 0 Å². The lowest BCUT2D eigenvalue weighted by molar-refractivity contribution is -0.118. The maximum atomic E-state index is 12.6. The molecule has 2 heterocycles. The van der Waals surface area contributed by atoms with Crippen LogP contribution in [0.4, 0.5) is 0 Å². The monoisotopic (exact) mass is 545 g/mol. The first-order valence-electron chi connectivity index (χ1n) is 9.99. The van der Waals surface area contributed by atoms with Gasteiger partial charge >= 0.3 is 0 Å². The molecule has 2 aromatic rings. The van der Waals surface area contributed by atoms with E-state index in [0.717, 1.165) is 31.9 Å². The number of amidine groups is 2. The number of nitrogens with zero attached hydrogens (tertiary/aromatic N) is 3. The number of rotatable bonds is 5. The van der Waals surface area contributed by atoms with Gasteiger partial charge in [-0.05, 0) is 77.4 Å². The fourth-order valence-electron chi connectivity index (χ4n) is 3.40. The summed E-state index contributed by atoms with van der Waals surface area (Å²) in [5.74, 6) is 1.82. The summed E-state index contributed by atoms with van der Waals surface area (Å²) in [6.07, 6.45) is 6.87. The number of amides is 1. The second-order valence-corrected chi connectivity index (χ2v) is 8.98. The Morgan fingerprint density at radius 2 is 2.10 bits per heavy atom. The number of hydrogen-bond donors (Lipinski definition) is 0. The molecular formula is C24H21ClIN3O2. The Hall–Kier alpha value is -2.45. The first-order valence-corrected chi connectivity index (χ1v) is 11.4. The van der Waals surface area contributed by atoms with Crippen molar-refractivity contribution in [3.8, 4) is 5.75 Å². The smallest absolute Gasteiger partial charge is 0.247 e. The van der Waals surface area contributed by atoms with Crippen LogP contribution < -0.4 is 4.74 Å². The number of carbonyl (C=O) groups excluding carboxylic acids is 1. The maximum Gasteiger partial charge on any atom is 0.247 e. The van der Waals surface area contributed by atoms with Crippen molar-refractivity contribution in [3.63, 3.8) is 0 Å². The summed E-state index contributed by atoms with van der Waals surface area (Å²) in [6.45, 7) is 3.07. The quantitative estimate of drug-likeness (QED) is 0.350. The molecule has 0 aliphatic carbocycles. The molecule has 4 rings (SSSR count). The first-order chi connectivity index (χ1) is 15.0. The summed E-state index contributed by atoms with van der Waals surface area (Å²) in [4.78, 5) is 23.7. The highest BCUT2D eigenvalue weighted by Crippen LogP contribution is 2.24. The van der Waals surface area contributed by atoms with Crippen LogP contribution in [0.2, 0.25) is 5.02 Å². The number of carbonyl (C=O) groups is 1. The first kappa shape index (κ1) is 21.8. The molecule has 0 aromatic heterocycles. The van der Waals surface area contributed by atoms with E-state index in [4.69, 9.17) is 21.3 Å². The van der Waals surface area contributed by atoms with Gasteiger partial charge in [0.05, 0.1) is 6.61 Å². The van der Waals surface area contributed by atoms with Gasteiger partial charge in [-0.3, -0.25) is 4.79 Å². The van der Waals surface area contributed by atoms with Crippen LogP contribution in [0.3, 0.4) is 0 Å². The Balaban J connectivity index is 1.45. The van der Waals surface area contributed by atoms with Crippen LogP contribution in [-0.4, -0.2) is 29.1 Å². The fourth-order valence-corrected chi connectivity index (χ4v) is 4.15. The van der Waals surface area contributed by atoms with Gasteiger partial charge in [0.15, 0.2) is 5.84 Å². The zero-order valence-corrected chi connectivity index (χ0v) is 19.9. The minimum absolute atomic E-state index is 0.205. The van der Waals surface area contributed by atoms with Crippen LogP contribution >= 0.6 is 34.2 Å². The van der Waals surface area contributed by atoms with Gasteiger partial charge in [0.2, 0.25) is 5.91 Å². The van der Waals surface area contributed by atoms with Crippen molar-refractivity contribution >= 4 is 51.8 Å². The molecule has 0 fully saturated rings. The van der Waals surface area contributed by atoms with Crippen molar-refractivity contribution in [2.24, 2.45) is 9.98 Å². The van der Waals surface area contributed by atoms with E-state index in [0.29, 0.717) is 36.9 Å². The van der Waals surface area contributed by atoms with E-state index in [1.165, 1.54) is 0 Å². The molecule has 0 saturated carbocycles. The Bertz CT molecular complexity index is 1140. The zero-order valence-electron chi connectivity index (χ0n) is 17.0. The van der Waals surface area contributed by atoms with Crippen molar-refractivity contribution < 1.29 is 9.53 Å². The number of hydrogen-bond acceptors (Lipinski definition) is 3. The number of aliphatic imine (C=N–C) groups is 2. The molecule has 0 saturated heterocycles. The van der Waals surface area contributed by atoms with E-state index in [-0.39, 0.29) is 5.91 Å². The molecule has 0 radical (unpaired) electrons. The molecule has 2 aliphatic heterocycles. The maximum absolute atomic E-state index is 12.6. The van der Waals surface area contributed by atoms with Crippen LogP contribution in [-0.2, 0) is 11.3 Å². The highest BCUT2D eigenvalue weighted by Gasteiger charge is 2.21. The number of halogens is 2. The van der Waals surface area contributed by atoms with E-state index in [2.05, 4.69) is 44.7 Å². The van der Waals surface area contributed by atoms with Crippen LogP contribution in [0.15, 0.2) is 74.4 Å². The fraction of sp³-hybridized carbons (Fsp3) is 0.208. The third-order valence-corrected chi connectivity index (χ3v) is 5.82. The van der Waals surface area contributed by atoms with Gasteiger partial charge in [-0.1, -0.05) is 35.9 Å². The van der Waals surface area contributed by atoms with Gasteiger partial charge in [-0.2, -0.15) is 4.99 Å². The van der Waals surface area contributed by atoms with Crippen LogP contribution in [0.5, 0.6) is 5.75 Å². The Morgan fingerprint density at radius 1 is 1.26 bits per heavy atom. The highest BCUT2D eigenvalue weighted by molar-refractivity contribution is 14.1. The second-order valence-electron chi connectivity index (χ2n) is 7.29. The van der Waals surface area contributed by atoms with E-state index < -0.39 is 0 Å². The minimum Gasteiger partial charge on any atom is -0.493 e. The summed E-state index contributed by atoms with van der Waals surface area (Å²) in [5.41, 5.74) is 2.95. The Kier molecular flexibility index (Phi) is 6.87. The van der Waals surface area contributed by atoms with E-state index >= 15 is 0 Å². The van der Waals surface area contributed by atoms with E-state index in [9.17, 15) is 4.79 Å². The lowest BCUT2D eigenvalue weighted by atomic mass is 10.1. The predicted molar refractivity (Wildman–Crippen MR) is 133 cm³/mol. The van der Waals surface area contributed by atoms with Crippen LogP contribution in [0.1, 0.15) is 29.5 Å². The summed E-state index contributed by atoms with van der Waals surface area (Å²) in [7, 11) is 0.